The monoisotopic (exact) mass is 338 g/mol. The summed E-state index contributed by atoms with van der Waals surface area (Å²) >= 11 is 0. The number of esters is 1. The largest absolute Gasteiger partial charge is 0.427 e. The van der Waals surface area contributed by atoms with Crippen LogP contribution in [0, 0.1) is 19.9 Å². The summed E-state index contributed by atoms with van der Waals surface area (Å²) in [5.74, 6) is 0.0152. The molecule has 1 N–H and O–H groups in total. The standard InChI is InChI=1S/C21H24NO3/c1-14-6-11-19(15(2)12-14)21(4,5)13-20(24)25-18-9-7-17(8-10-18)22-16(3)23/h6-10,12H,13H2,1-5H3,(H,22,23). The Balaban J connectivity index is 2.04. The summed E-state index contributed by atoms with van der Waals surface area (Å²) in [5, 5.41) is 2.67. The number of nitrogens with one attached hydrogen (secondary N) is 1. The number of benzene rings is 2. The molecule has 0 heterocycles. The molecule has 1 amide bonds. The summed E-state index contributed by atoms with van der Waals surface area (Å²) in [5.41, 5.74) is 3.59. The van der Waals surface area contributed by atoms with Crippen molar-refractivity contribution in [3.63, 3.8) is 0 Å². The summed E-state index contributed by atoms with van der Waals surface area (Å²) in [4.78, 5) is 23.4. The zero-order valence-electron chi connectivity index (χ0n) is 15.4. The Labute approximate surface area is 149 Å². The van der Waals surface area contributed by atoms with E-state index in [1.165, 1.54) is 6.92 Å². The minimum Gasteiger partial charge on any atom is -0.427 e. The Kier molecular flexibility index (Phi) is 5.62. The van der Waals surface area contributed by atoms with Crippen molar-refractivity contribution >= 4 is 17.6 Å². The summed E-state index contributed by atoms with van der Waals surface area (Å²) < 4.78 is 5.43. The molecule has 25 heavy (non-hydrogen) atoms. The highest BCUT2D eigenvalue weighted by Gasteiger charge is 2.27. The van der Waals surface area contributed by atoms with Crippen molar-refractivity contribution in [1.29, 1.82) is 0 Å². The van der Waals surface area contributed by atoms with Gasteiger partial charge in [0.25, 0.3) is 0 Å². The highest BCUT2D eigenvalue weighted by atomic mass is 16.5. The van der Waals surface area contributed by atoms with Gasteiger partial charge in [0, 0.05) is 18.0 Å². The maximum absolute atomic E-state index is 12.3. The Morgan fingerprint density at radius 2 is 1.80 bits per heavy atom. The fourth-order valence-corrected chi connectivity index (χ4v) is 2.91. The van der Waals surface area contributed by atoms with Crippen molar-refractivity contribution in [2.75, 3.05) is 5.32 Å². The van der Waals surface area contributed by atoms with E-state index < -0.39 is 0 Å². The Morgan fingerprint density at radius 1 is 1.16 bits per heavy atom. The van der Waals surface area contributed by atoms with Gasteiger partial charge in [0.2, 0.25) is 5.91 Å². The lowest BCUT2D eigenvalue weighted by Gasteiger charge is -2.26. The van der Waals surface area contributed by atoms with E-state index in [2.05, 4.69) is 17.4 Å². The molecule has 4 nitrogen and oxygen atoms in total. The van der Waals surface area contributed by atoms with Crippen LogP contribution in [0.1, 0.15) is 43.9 Å². The minimum absolute atomic E-state index is 0.142. The van der Waals surface area contributed by atoms with Crippen LogP contribution in [0.2, 0.25) is 0 Å². The summed E-state index contributed by atoms with van der Waals surface area (Å²) in [7, 11) is 0. The van der Waals surface area contributed by atoms with E-state index in [1.54, 1.807) is 24.3 Å². The molecule has 0 saturated heterocycles. The van der Waals surface area contributed by atoms with Crippen LogP contribution in [0.3, 0.4) is 0 Å². The molecule has 131 valence electrons. The van der Waals surface area contributed by atoms with Crippen LogP contribution in [0.4, 0.5) is 5.69 Å². The summed E-state index contributed by atoms with van der Waals surface area (Å²) in [6, 6.07) is 14.1. The molecule has 1 radical (unpaired) electrons. The third-order valence-electron chi connectivity index (χ3n) is 3.95. The molecule has 2 aromatic carbocycles. The maximum atomic E-state index is 12.3. The highest BCUT2D eigenvalue weighted by Crippen LogP contribution is 2.30. The molecule has 0 unspecified atom stereocenters. The molecule has 0 aliphatic carbocycles. The number of amides is 1. The second-order valence-electron chi connectivity index (χ2n) is 6.98. The molecule has 0 bridgehead atoms. The van der Waals surface area contributed by atoms with E-state index in [-0.39, 0.29) is 23.7 Å². The average molecular weight is 338 g/mol. The first kappa shape index (κ1) is 18.7. The molecule has 2 aromatic rings. The second-order valence-corrected chi connectivity index (χ2v) is 6.98. The molecule has 4 heteroatoms. The van der Waals surface area contributed by atoms with E-state index in [0.29, 0.717) is 11.4 Å². The average Bonchev–Trinajstić information content (AvgIpc) is 2.47. The Bertz CT molecular complexity index is 776. The van der Waals surface area contributed by atoms with Crippen molar-refractivity contribution in [3.05, 3.63) is 59.2 Å². The van der Waals surface area contributed by atoms with E-state index in [1.807, 2.05) is 33.8 Å². The first-order valence-corrected chi connectivity index (χ1v) is 8.25. The molecule has 0 saturated carbocycles. The first-order valence-electron chi connectivity index (χ1n) is 8.25. The molecular formula is C21H24NO3. The zero-order chi connectivity index (χ0) is 18.6. The predicted octanol–water partition coefficient (Wildman–Crippen LogP) is 4.34. The highest BCUT2D eigenvalue weighted by molar-refractivity contribution is 5.88. The third kappa shape index (κ3) is 5.18. The van der Waals surface area contributed by atoms with Crippen molar-refractivity contribution in [2.45, 2.75) is 46.5 Å². The predicted molar refractivity (Wildman–Crippen MR) is 98.8 cm³/mol. The second kappa shape index (κ2) is 7.51. The van der Waals surface area contributed by atoms with Gasteiger partial charge in [0.15, 0.2) is 0 Å². The number of rotatable bonds is 5. The number of aryl methyl sites for hydroxylation is 2. The van der Waals surface area contributed by atoms with Gasteiger partial charge < -0.3 is 10.1 Å². The van der Waals surface area contributed by atoms with Crippen molar-refractivity contribution < 1.29 is 14.3 Å². The minimum atomic E-state index is -0.370. The Hall–Kier alpha value is -2.62. The third-order valence-corrected chi connectivity index (χ3v) is 3.95. The van der Waals surface area contributed by atoms with Gasteiger partial charge in [-0.15, -0.1) is 0 Å². The quantitative estimate of drug-likeness (QED) is 0.652. The van der Waals surface area contributed by atoms with Crippen LogP contribution in [0.15, 0.2) is 36.4 Å². The van der Waals surface area contributed by atoms with Crippen molar-refractivity contribution in [2.24, 2.45) is 0 Å². The summed E-state index contributed by atoms with van der Waals surface area (Å²) in [6.07, 6.45) is 0.251. The molecule has 0 aromatic heterocycles. The zero-order valence-corrected chi connectivity index (χ0v) is 15.4. The van der Waals surface area contributed by atoms with Gasteiger partial charge in [-0.25, -0.2) is 0 Å². The fourth-order valence-electron chi connectivity index (χ4n) is 2.91. The fraction of sp³-hybridized carbons (Fsp3) is 0.333. The molecule has 0 atom stereocenters. The number of anilines is 1. The lowest BCUT2D eigenvalue weighted by Crippen LogP contribution is -2.25. The molecule has 2 rings (SSSR count). The van der Waals surface area contributed by atoms with E-state index in [4.69, 9.17) is 4.74 Å². The molecule has 0 aliphatic rings. The number of carbonyl (C=O) groups is 2. The lowest BCUT2D eigenvalue weighted by molar-refractivity contribution is -0.135. The number of carbonyl (C=O) groups excluding carboxylic acids is 2. The van der Waals surface area contributed by atoms with Crippen LogP contribution in [-0.2, 0) is 15.0 Å². The van der Waals surface area contributed by atoms with E-state index in [0.717, 1.165) is 16.7 Å². The van der Waals surface area contributed by atoms with Gasteiger partial charge >= 0.3 is 5.97 Å². The Morgan fingerprint density at radius 3 is 2.36 bits per heavy atom. The first-order chi connectivity index (χ1) is 11.7. The van der Waals surface area contributed by atoms with Crippen molar-refractivity contribution in [3.8, 4) is 5.75 Å². The maximum Gasteiger partial charge on any atom is 0.312 e. The van der Waals surface area contributed by atoms with Crippen molar-refractivity contribution in [1.82, 2.24) is 0 Å². The smallest absolute Gasteiger partial charge is 0.312 e. The molecule has 0 spiro atoms. The molecule has 0 fully saturated rings. The van der Waals surface area contributed by atoms with Gasteiger partial charge in [-0.1, -0.05) is 31.5 Å². The lowest BCUT2D eigenvalue weighted by atomic mass is 9.79. The topological polar surface area (TPSA) is 55.4 Å². The summed E-state index contributed by atoms with van der Waals surface area (Å²) in [6.45, 7) is 9.54. The number of hydrogen-bond donors (Lipinski definition) is 1. The SMILES string of the molecule is CC(=O)Nc1ccc(OC(=O)CC(C)(C)c2[c]cc(C)cc2C)cc1. The van der Waals surface area contributed by atoms with E-state index in [9.17, 15) is 9.59 Å². The normalized spacial score (nSPS) is 11.1. The number of ether oxygens (including phenoxy) is 1. The molecular weight excluding hydrogens is 314 g/mol. The van der Waals surface area contributed by atoms with Crippen LogP contribution >= 0.6 is 0 Å². The van der Waals surface area contributed by atoms with E-state index >= 15 is 0 Å². The number of hydrogen-bond acceptors (Lipinski definition) is 3. The van der Waals surface area contributed by atoms with Gasteiger partial charge in [-0.3, -0.25) is 9.59 Å². The van der Waals surface area contributed by atoms with Crippen LogP contribution in [0.5, 0.6) is 5.75 Å². The molecule has 0 aliphatic heterocycles. The van der Waals surface area contributed by atoms with Gasteiger partial charge in [-0.05, 0) is 55.3 Å². The van der Waals surface area contributed by atoms with Crippen LogP contribution in [0.25, 0.3) is 0 Å². The van der Waals surface area contributed by atoms with Crippen LogP contribution < -0.4 is 10.1 Å². The van der Waals surface area contributed by atoms with Gasteiger partial charge in [0.05, 0.1) is 6.42 Å². The van der Waals surface area contributed by atoms with Gasteiger partial charge in [-0.2, -0.15) is 0 Å². The van der Waals surface area contributed by atoms with Gasteiger partial charge in [0.1, 0.15) is 5.75 Å². The van der Waals surface area contributed by atoms with Crippen LogP contribution in [-0.4, -0.2) is 11.9 Å².